The Balaban J connectivity index is 4.86. The molecule has 0 amide bonds. The molecule has 0 fully saturated rings. The highest BCUT2D eigenvalue weighted by molar-refractivity contribution is 5.84. The quantitative estimate of drug-likeness (QED) is 0.601. The number of carbonyl (C=O) groups excluding carboxylic acids is 1. The van der Waals surface area contributed by atoms with Crippen molar-refractivity contribution in [2.45, 2.75) is 47.0 Å². The largest absolute Gasteiger partial charge is 0.545 e. The van der Waals surface area contributed by atoms with E-state index >= 15 is 0 Å². The van der Waals surface area contributed by atoms with Crippen molar-refractivity contribution in [2.75, 3.05) is 13.1 Å². The van der Waals surface area contributed by atoms with Crippen molar-refractivity contribution in [3.63, 3.8) is 0 Å². The molecule has 0 saturated heterocycles. The number of carboxylic acid groups (broad SMARTS) is 1. The number of allylic oxidation sites excluding steroid dienone is 1. The smallest absolute Gasteiger partial charge is 0.0689 e. The first-order valence-electron chi connectivity index (χ1n) is 5.74. The summed E-state index contributed by atoms with van der Waals surface area (Å²) in [5.74, 6) is -1.05. The Bertz CT molecular complexity index is 228. The number of aliphatic carboxylic acids is 1. The molecule has 0 atom stereocenters. The summed E-state index contributed by atoms with van der Waals surface area (Å²) in [4.78, 5) is 13.0. The second kappa shape index (κ2) is 7.32. The summed E-state index contributed by atoms with van der Waals surface area (Å²) in [5, 5.41) is 10.8. The minimum atomic E-state index is -1.05. The highest BCUT2D eigenvalue weighted by Crippen LogP contribution is 2.15. The van der Waals surface area contributed by atoms with Gasteiger partial charge in [0.2, 0.25) is 0 Å². The number of carboxylic acids is 1. The molecule has 15 heavy (non-hydrogen) atoms. The first-order valence-corrected chi connectivity index (χ1v) is 5.74. The number of hydrogen-bond donors (Lipinski definition) is 0. The Morgan fingerprint density at radius 2 is 1.60 bits per heavy atom. The van der Waals surface area contributed by atoms with Gasteiger partial charge in [0, 0.05) is 18.8 Å². The predicted molar refractivity (Wildman–Crippen MR) is 60.2 cm³/mol. The maximum atomic E-state index is 10.8. The Hall–Kier alpha value is -0.990. The van der Waals surface area contributed by atoms with Crippen LogP contribution >= 0.6 is 0 Å². The van der Waals surface area contributed by atoms with E-state index in [1.807, 2.05) is 6.92 Å². The van der Waals surface area contributed by atoms with E-state index in [4.69, 9.17) is 0 Å². The minimum Gasteiger partial charge on any atom is -0.545 e. The van der Waals surface area contributed by atoms with E-state index in [0.717, 1.165) is 38.0 Å². The van der Waals surface area contributed by atoms with Crippen molar-refractivity contribution in [3.8, 4) is 0 Å². The third kappa shape index (κ3) is 4.36. The molecule has 0 N–H and O–H groups in total. The fourth-order valence-electron chi connectivity index (χ4n) is 1.77. The lowest BCUT2D eigenvalue weighted by Crippen LogP contribution is -2.31. The topological polar surface area (TPSA) is 43.4 Å². The van der Waals surface area contributed by atoms with Crippen LogP contribution in [0.1, 0.15) is 47.0 Å². The van der Waals surface area contributed by atoms with Crippen LogP contribution in [0.4, 0.5) is 0 Å². The highest BCUT2D eigenvalue weighted by Gasteiger charge is 2.09. The van der Waals surface area contributed by atoms with E-state index in [-0.39, 0.29) is 0 Å². The first-order chi connectivity index (χ1) is 7.08. The van der Waals surface area contributed by atoms with Crippen LogP contribution in [0.2, 0.25) is 0 Å². The van der Waals surface area contributed by atoms with Crippen molar-refractivity contribution in [1.82, 2.24) is 4.90 Å². The van der Waals surface area contributed by atoms with Gasteiger partial charge in [0.15, 0.2) is 0 Å². The molecule has 0 aromatic heterocycles. The van der Waals surface area contributed by atoms with Crippen LogP contribution in [0.5, 0.6) is 0 Å². The Morgan fingerprint density at radius 1 is 1.13 bits per heavy atom. The molecular formula is C12H22NO2-. The third-order valence-corrected chi connectivity index (χ3v) is 2.44. The summed E-state index contributed by atoms with van der Waals surface area (Å²) >= 11 is 0. The molecule has 0 aliphatic heterocycles. The summed E-state index contributed by atoms with van der Waals surface area (Å²) in [6.07, 6.45) is 2.81. The van der Waals surface area contributed by atoms with Gasteiger partial charge >= 0.3 is 0 Å². The lowest BCUT2D eigenvalue weighted by Gasteiger charge is -2.28. The molecular weight excluding hydrogens is 190 g/mol. The van der Waals surface area contributed by atoms with Gasteiger partial charge in [-0.3, -0.25) is 0 Å². The Kier molecular flexibility index (Phi) is 6.84. The second-order valence-corrected chi connectivity index (χ2v) is 3.70. The van der Waals surface area contributed by atoms with E-state index < -0.39 is 5.97 Å². The molecule has 0 aromatic rings. The van der Waals surface area contributed by atoms with Gasteiger partial charge in [0.25, 0.3) is 0 Å². The minimum absolute atomic E-state index is 0.374. The molecule has 0 spiro atoms. The van der Waals surface area contributed by atoms with Gasteiger partial charge < -0.3 is 14.8 Å². The maximum Gasteiger partial charge on any atom is 0.0689 e. The first kappa shape index (κ1) is 14.0. The van der Waals surface area contributed by atoms with Crippen LogP contribution in [0.15, 0.2) is 11.3 Å². The zero-order valence-electron chi connectivity index (χ0n) is 10.3. The van der Waals surface area contributed by atoms with Crippen LogP contribution in [0.25, 0.3) is 0 Å². The molecule has 0 bridgehead atoms. The lowest BCUT2D eigenvalue weighted by atomic mass is 10.1. The molecule has 0 rings (SSSR count). The van der Waals surface area contributed by atoms with Gasteiger partial charge in [0.1, 0.15) is 0 Å². The Morgan fingerprint density at radius 3 is 1.87 bits per heavy atom. The van der Waals surface area contributed by atoms with E-state index in [0.29, 0.717) is 5.57 Å². The van der Waals surface area contributed by atoms with Gasteiger partial charge in [-0.2, -0.15) is 0 Å². The van der Waals surface area contributed by atoms with E-state index in [1.165, 1.54) is 0 Å². The number of rotatable bonds is 7. The van der Waals surface area contributed by atoms with Crippen LogP contribution in [-0.4, -0.2) is 24.0 Å². The van der Waals surface area contributed by atoms with Crippen molar-refractivity contribution in [1.29, 1.82) is 0 Å². The third-order valence-electron chi connectivity index (χ3n) is 2.44. The van der Waals surface area contributed by atoms with Crippen LogP contribution in [0, 0.1) is 0 Å². The monoisotopic (exact) mass is 212 g/mol. The fraction of sp³-hybridized carbons (Fsp3) is 0.750. The summed E-state index contributed by atoms with van der Waals surface area (Å²) < 4.78 is 0. The summed E-state index contributed by atoms with van der Waals surface area (Å²) in [7, 11) is 0. The molecule has 0 unspecified atom stereocenters. The van der Waals surface area contributed by atoms with E-state index in [2.05, 4.69) is 18.7 Å². The zero-order valence-corrected chi connectivity index (χ0v) is 10.3. The van der Waals surface area contributed by atoms with Gasteiger partial charge in [0.05, 0.1) is 5.97 Å². The zero-order chi connectivity index (χ0) is 11.8. The molecule has 0 aliphatic rings. The molecule has 88 valence electrons. The van der Waals surface area contributed by atoms with Crippen LogP contribution in [0.3, 0.4) is 0 Å². The van der Waals surface area contributed by atoms with Crippen LogP contribution in [-0.2, 0) is 4.79 Å². The Labute approximate surface area is 92.8 Å². The number of hydrogen-bond acceptors (Lipinski definition) is 3. The summed E-state index contributed by atoms with van der Waals surface area (Å²) in [6, 6.07) is 0. The summed E-state index contributed by atoms with van der Waals surface area (Å²) in [6.45, 7) is 9.66. The molecule has 0 radical (unpaired) electrons. The molecule has 0 aromatic carbocycles. The van der Waals surface area contributed by atoms with Gasteiger partial charge in [-0.25, -0.2) is 0 Å². The SMILES string of the molecule is CCCN(CCC)/C(CC)=C(\C)C(=O)[O-]. The van der Waals surface area contributed by atoms with Gasteiger partial charge in [-0.15, -0.1) is 0 Å². The van der Waals surface area contributed by atoms with Crippen molar-refractivity contribution < 1.29 is 9.90 Å². The van der Waals surface area contributed by atoms with Crippen molar-refractivity contribution in [3.05, 3.63) is 11.3 Å². The lowest BCUT2D eigenvalue weighted by molar-refractivity contribution is -0.299. The molecule has 0 heterocycles. The normalized spacial score (nSPS) is 12.3. The second-order valence-electron chi connectivity index (χ2n) is 3.70. The molecule has 3 nitrogen and oxygen atoms in total. The van der Waals surface area contributed by atoms with Crippen LogP contribution < -0.4 is 5.11 Å². The maximum absolute atomic E-state index is 10.8. The molecule has 0 aliphatic carbocycles. The average Bonchev–Trinajstić information content (AvgIpc) is 2.19. The van der Waals surface area contributed by atoms with Gasteiger partial charge in [-0.05, 0) is 31.8 Å². The van der Waals surface area contributed by atoms with Crippen molar-refractivity contribution >= 4 is 5.97 Å². The van der Waals surface area contributed by atoms with Crippen molar-refractivity contribution in [2.24, 2.45) is 0 Å². The molecule has 0 saturated carbocycles. The predicted octanol–water partition coefficient (Wildman–Crippen LogP) is 1.54. The standard InChI is InChI=1S/C12H23NO2/c1-5-8-13(9-6-2)11(7-3)10(4)12(14)15/h5-9H2,1-4H3,(H,14,15)/p-1/b11-10+. The highest BCUT2D eigenvalue weighted by atomic mass is 16.4. The van der Waals surface area contributed by atoms with E-state index in [9.17, 15) is 9.90 Å². The fourth-order valence-corrected chi connectivity index (χ4v) is 1.77. The number of nitrogens with zero attached hydrogens (tertiary/aromatic N) is 1. The number of carbonyl (C=O) groups is 1. The average molecular weight is 212 g/mol. The van der Waals surface area contributed by atoms with E-state index in [1.54, 1.807) is 6.92 Å². The molecule has 3 heteroatoms. The summed E-state index contributed by atoms with van der Waals surface area (Å²) in [5.41, 5.74) is 1.29. The van der Waals surface area contributed by atoms with Gasteiger partial charge in [-0.1, -0.05) is 20.8 Å².